The number of hydrogen-bond donors (Lipinski definition) is 2. The SMILES string of the molecule is C=C(C)C(NCC(C)C)C(N)=O. The Morgan fingerprint density at radius 2 is 2.08 bits per heavy atom. The van der Waals surface area contributed by atoms with Gasteiger partial charge < -0.3 is 11.1 Å². The third-order valence-electron chi connectivity index (χ3n) is 1.51. The molecule has 0 bridgehead atoms. The first-order valence-electron chi connectivity index (χ1n) is 4.13. The summed E-state index contributed by atoms with van der Waals surface area (Å²) in [6, 6.07) is -0.382. The Balaban J connectivity index is 3.97. The molecule has 0 aliphatic rings. The first-order chi connectivity index (χ1) is 5.45. The number of nitrogens with two attached hydrogens (primary N) is 1. The third-order valence-corrected chi connectivity index (χ3v) is 1.51. The topological polar surface area (TPSA) is 55.1 Å². The van der Waals surface area contributed by atoms with Crippen molar-refractivity contribution in [1.82, 2.24) is 5.32 Å². The molecule has 0 aliphatic heterocycles. The molecule has 0 aromatic rings. The molecule has 0 heterocycles. The number of carbonyl (C=O) groups excluding carboxylic acids is 1. The normalized spacial score (nSPS) is 13.0. The molecule has 0 aromatic carbocycles. The van der Waals surface area contributed by atoms with Crippen LogP contribution in [-0.2, 0) is 4.79 Å². The van der Waals surface area contributed by atoms with Crippen LogP contribution in [0.1, 0.15) is 20.8 Å². The molecule has 0 aromatic heterocycles. The maximum Gasteiger partial charge on any atom is 0.238 e. The van der Waals surface area contributed by atoms with Gasteiger partial charge in [-0.3, -0.25) is 4.79 Å². The molecular weight excluding hydrogens is 152 g/mol. The fraction of sp³-hybridized carbons (Fsp3) is 0.667. The van der Waals surface area contributed by atoms with Gasteiger partial charge in [-0.25, -0.2) is 0 Å². The van der Waals surface area contributed by atoms with Gasteiger partial charge >= 0.3 is 0 Å². The van der Waals surface area contributed by atoms with Crippen molar-refractivity contribution in [2.75, 3.05) is 6.54 Å². The molecule has 1 atom stereocenters. The summed E-state index contributed by atoms with van der Waals surface area (Å²) in [7, 11) is 0. The highest BCUT2D eigenvalue weighted by Gasteiger charge is 2.14. The molecule has 0 rings (SSSR count). The summed E-state index contributed by atoms with van der Waals surface area (Å²) >= 11 is 0. The van der Waals surface area contributed by atoms with Gasteiger partial charge in [-0.1, -0.05) is 26.0 Å². The highest BCUT2D eigenvalue weighted by Crippen LogP contribution is 1.98. The van der Waals surface area contributed by atoms with E-state index in [-0.39, 0.29) is 11.9 Å². The van der Waals surface area contributed by atoms with E-state index in [1.807, 2.05) is 0 Å². The van der Waals surface area contributed by atoms with E-state index in [4.69, 9.17) is 5.73 Å². The average Bonchev–Trinajstić information content (AvgIpc) is 1.84. The summed E-state index contributed by atoms with van der Waals surface area (Å²) in [6.45, 7) is 10.4. The Morgan fingerprint density at radius 1 is 1.58 bits per heavy atom. The lowest BCUT2D eigenvalue weighted by Crippen LogP contribution is -2.43. The Labute approximate surface area is 74.0 Å². The summed E-state index contributed by atoms with van der Waals surface area (Å²) in [5, 5.41) is 3.04. The van der Waals surface area contributed by atoms with Gasteiger partial charge in [0.1, 0.15) is 6.04 Å². The van der Waals surface area contributed by atoms with Crippen LogP contribution < -0.4 is 11.1 Å². The van der Waals surface area contributed by atoms with E-state index in [0.717, 1.165) is 12.1 Å². The molecule has 1 amide bonds. The predicted octanol–water partition coefficient (Wildman–Crippen LogP) is 0.662. The van der Waals surface area contributed by atoms with Crippen LogP contribution in [0.4, 0.5) is 0 Å². The lowest BCUT2D eigenvalue weighted by molar-refractivity contribution is -0.119. The quantitative estimate of drug-likeness (QED) is 0.596. The van der Waals surface area contributed by atoms with Gasteiger partial charge in [0.2, 0.25) is 5.91 Å². The Bertz CT molecular complexity index is 161. The maximum absolute atomic E-state index is 10.9. The van der Waals surface area contributed by atoms with Crippen LogP contribution in [0.15, 0.2) is 12.2 Å². The predicted molar refractivity (Wildman–Crippen MR) is 50.6 cm³/mol. The van der Waals surface area contributed by atoms with Crippen molar-refractivity contribution in [3.05, 3.63) is 12.2 Å². The largest absolute Gasteiger partial charge is 0.368 e. The lowest BCUT2D eigenvalue weighted by Gasteiger charge is -2.16. The number of primary amides is 1. The zero-order chi connectivity index (χ0) is 9.72. The minimum Gasteiger partial charge on any atom is -0.368 e. The molecule has 3 nitrogen and oxygen atoms in total. The number of carbonyl (C=O) groups is 1. The molecule has 12 heavy (non-hydrogen) atoms. The van der Waals surface area contributed by atoms with Gasteiger partial charge in [0.05, 0.1) is 0 Å². The van der Waals surface area contributed by atoms with Crippen molar-refractivity contribution in [3.63, 3.8) is 0 Å². The van der Waals surface area contributed by atoms with Gasteiger partial charge in [0.25, 0.3) is 0 Å². The summed E-state index contributed by atoms with van der Waals surface area (Å²) in [6.07, 6.45) is 0. The van der Waals surface area contributed by atoms with E-state index < -0.39 is 0 Å². The average molecular weight is 170 g/mol. The van der Waals surface area contributed by atoms with Crippen LogP contribution in [0.2, 0.25) is 0 Å². The third kappa shape index (κ3) is 4.13. The highest BCUT2D eigenvalue weighted by molar-refractivity contribution is 5.82. The zero-order valence-electron chi connectivity index (χ0n) is 8.05. The van der Waals surface area contributed by atoms with E-state index in [1.165, 1.54) is 0 Å². The van der Waals surface area contributed by atoms with E-state index in [2.05, 4.69) is 25.7 Å². The minimum atomic E-state index is -0.382. The van der Waals surface area contributed by atoms with Crippen molar-refractivity contribution in [1.29, 1.82) is 0 Å². The molecule has 0 radical (unpaired) electrons. The zero-order valence-corrected chi connectivity index (χ0v) is 8.05. The second-order valence-electron chi connectivity index (χ2n) is 3.48. The molecule has 70 valence electrons. The number of amides is 1. The summed E-state index contributed by atoms with van der Waals surface area (Å²) in [5.74, 6) is 0.148. The highest BCUT2D eigenvalue weighted by atomic mass is 16.1. The molecule has 3 heteroatoms. The van der Waals surface area contributed by atoms with E-state index >= 15 is 0 Å². The first-order valence-corrected chi connectivity index (χ1v) is 4.13. The van der Waals surface area contributed by atoms with Crippen LogP contribution in [0.3, 0.4) is 0 Å². The van der Waals surface area contributed by atoms with Gasteiger partial charge in [-0.15, -0.1) is 0 Å². The van der Waals surface area contributed by atoms with Crippen molar-refractivity contribution in [2.24, 2.45) is 11.7 Å². The lowest BCUT2D eigenvalue weighted by atomic mass is 10.1. The van der Waals surface area contributed by atoms with Crippen LogP contribution in [0, 0.1) is 5.92 Å². The van der Waals surface area contributed by atoms with Crippen LogP contribution in [0.5, 0.6) is 0 Å². The van der Waals surface area contributed by atoms with Gasteiger partial charge in [-0.2, -0.15) is 0 Å². The fourth-order valence-electron chi connectivity index (χ4n) is 0.871. The van der Waals surface area contributed by atoms with Crippen molar-refractivity contribution < 1.29 is 4.79 Å². The summed E-state index contributed by atoms with van der Waals surface area (Å²) < 4.78 is 0. The van der Waals surface area contributed by atoms with Gasteiger partial charge in [0.15, 0.2) is 0 Å². The Kier molecular flexibility index (Phi) is 4.59. The molecule has 0 saturated heterocycles. The monoisotopic (exact) mass is 170 g/mol. The van der Waals surface area contributed by atoms with E-state index in [0.29, 0.717) is 5.92 Å². The van der Waals surface area contributed by atoms with Crippen LogP contribution in [0.25, 0.3) is 0 Å². The molecule has 0 aliphatic carbocycles. The number of nitrogens with one attached hydrogen (secondary N) is 1. The second-order valence-corrected chi connectivity index (χ2v) is 3.48. The van der Waals surface area contributed by atoms with Crippen molar-refractivity contribution >= 4 is 5.91 Å². The number of hydrogen-bond acceptors (Lipinski definition) is 2. The van der Waals surface area contributed by atoms with Crippen molar-refractivity contribution in [3.8, 4) is 0 Å². The van der Waals surface area contributed by atoms with Crippen LogP contribution in [-0.4, -0.2) is 18.5 Å². The summed E-state index contributed by atoms with van der Waals surface area (Å²) in [4.78, 5) is 10.9. The Morgan fingerprint density at radius 3 is 2.33 bits per heavy atom. The Hall–Kier alpha value is -0.830. The maximum atomic E-state index is 10.9. The van der Waals surface area contributed by atoms with Crippen LogP contribution >= 0.6 is 0 Å². The standard InChI is InChI=1S/C9H18N2O/c1-6(2)5-11-8(7(3)4)9(10)12/h6,8,11H,3,5H2,1-2,4H3,(H2,10,12). The van der Waals surface area contributed by atoms with Crippen molar-refractivity contribution in [2.45, 2.75) is 26.8 Å². The van der Waals surface area contributed by atoms with E-state index in [1.54, 1.807) is 6.92 Å². The van der Waals surface area contributed by atoms with Gasteiger partial charge in [-0.05, 0) is 19.4 Å². The molecule has 3 N–H and O–H groups in total. The van der Waals surface area contributed by atoms with Gasteiger partial charge in [0, 0.05) is 0 Å². The minimum absolute atomic E-state index is 0.358. The molecule has 0 fully saturated rings. The molecule has 1 unspecified atom stereocenters. The molecule has 0 spiro atoms. The molecule has 0 saturated carbocycles. The number of rotatable bonds is 5. The van der Waals surface area contributed by atoms with E-state index in [9.17, 15) is 4.79 Å². The second kappa shape index (κ2) is 4.93. The molecular formula is C9H18N2O. The smallest absolute Gasteiger partial charge is 0.238 e. The fourth-order valence-corrected chi connectivity index (χ4v) is 0.871. The first kappa shape index (κ1) is 11.2. The summed E-state index contributed by atoms with van der Waals surface area (Å²) in [5.41, 5.74) is 5.93.